The Kier molecular flexibility index (Phi) is 5.73. The first-order valence-electron chi connectivity index (χ1n) is 5.01. The van der Waals surface area contributed by atoms with E-state index in [1.54, 1.807) is 4.31 Å². The third-order valence-corrected chi connectivity index (χ3v) is 12.6. The predicted molar refractivity (Wildman–Crippen MR) is 89.3 cm³/mol. The zero-order chi connectivity index (χ0) is 12.3. The molecule has 0 radical (unpaired) electrons. The van der Waals surface area contributed by atoms with Gasteiger partial charge in [0.2, 0.25) is 10.0 Å². The molecule has 0 aromatic rings. The second kappa shape index (κ2) is 6.14. The standard InChI is InChI=1S/C10H17I2NO2S/c1-8(2)13(9(3)4)16(14,15)10-7-11-5-6-12-10/h5-9H,1-4H3. The Morgan fingerprint density at radius 1 is 1.12 bits per heavy atom. The highest BCUT2D eigenvalue weighted by Gasteiger charge is 2.30. The molecule has 0 fully saturated rings. The van der Waals surface area contributed by atoms with Crippen LogP contribution >= 0.6 is 41.5 Å². The maximum absolute atomic E-state index is 12.4. The molecule has 1 heterocycles. The number of sulfonamides is 1. The van der Waals surface area contributed by atoms with E-state index in [1.165, 1.54) is 0 Å². The summed E-state index contributed by atoms with van der Waals surface area (Å²) in [6.07, 6.45) is 0. The van der Waals surface area contributed by atoms with Crippen LogP contribution in [-0.2, 0) is 10.0 Å². The van der Waals surface area contributed by atoms with Crippen LogP contribution in [0.15, 0.2) is 8.17 Å². The largest absolute Gasteiger partial charge is 0.249 e. The van der Waals surface area contributed by atoms with Gasteiger partial charge < -0.3 is 0 Å². The zero-order valence-corrected chi connectivity index (χ0v) is 14.9. The van der Waals surface area contributed by atoms with Crippen molar-refractivity contribution in [2.24, 2.45) is 0 Å². The van der Waals surface area contributed by atoms with E-state index >= 15 is 0 Å². The van der Waals surface area contributed by atoms with Crippen molar-refractivity contribution in [2.75, 3.05) is 0 Å². The van der Waals surface area contributed by atoms with Crippen LogP contribution in [0.25, 0.3) is 0 Å². The SMILES string of the molecule is CC(C)N(C(C)C)S(=O)(=O)C1=IC=CI=C1. The van der Waals surface area contributed by atoms with Crippen LogP contribution in [0.3, 0.4) is 0 Å². The molecule has 0 amide bonds. The van der Waals surface area contributed by atoms with Crippen molar-refractivity contribution in [2.45, 2.75) is 39.8 Å². The van der Waals surface area contributed by atoms with Crippen molar-refractivity contribution in [3.63, 3.8) is 0 Å². The molecule has 3 nitrogen and oxygen atoms in total. The first-order valence-corrected chi connectivity index (χ1v) is 11.3. The molecule has 0 aromatic carbocycles. The topological polar surface area (TPSA) is 37.4 Å². The lowest BCUT2D eigenvalue weighted by molar-refractivity contribution is 0.308. The predicted octanol–water partition coefficient (Wildman–Crippen LogP) is 2.79. The summed E-state index contributed by atoms with van der Waals surface area (Å²) in [5, 5.41) is 0. The van der Waals surface area contributed by atoms with Crippen molar-refractivity contribution >= 4 is 58.3 Å². The average Bonchev–Trinajstić information content (AvgIpc) is 2.17. The van der Waals surface area contributed by atoms with Gasteiger partial charge in [-0.25, -0.2) is 8.42 Å². The van der Waals surface area contributed by atoms with Gasteiger partial charge in [-0.15, -0.1) is 0 Å². The Hall–Kier alpha value is 0.850. The molecule has 0 saturated heterocycles. The first-order chi connectivity index (χ1) is 7.37. The fourth-order valence-corrected chi connectivity index (χ4v) is 11.5. The van der Waals surface area contributed by atoms with E-state index in [4.69, 9.17) is 0 Å². The van der Waals surface area contributed by atoms with Crippen LogP contribution in [-0.4, -0.2) is 31.7 Å². The van der Waals surface area contributed by atoms with E-state index in [-0.39, 0.29) is 32.8 Å². The average molecular weight is 469 g/mol. The van der Waals surface area contributed by atoms with Crippen LogP contribution < -0.4 is 0 Å². The van der Waals surface area contributed by atoms with E-state index in [9.17, 15) is 8.42 Å². The van der Waals surface area contributed by atoms with E-state index in [0.717, 1.165) is 0 Å². The Labute approximate surface area is 118 Å². The van der Waals surface area contributed by atoms with Gasteiger partial charge in [-0.3, -0.25) is 0 Å². The third-order valence-electron chi connectivity index (χ3n) is 1.98. The molecule has 94 valence electrons. The Morgan fingerprint density at radius 2 is 1.69 bits per heavy atom. The summed E-state index contributed by atoms with van der Waals surface area (Å²) >= 11 is -0.625. The Balaban J connectivity index is 3.14. The van der Waals surface area contributed by atoms with Crippen LogP contribution in [0.4, 0.5) is 0 Å². The fraction of sp³-hybridized carbons (Fsp3) is 0.600. The molecular weight excluding hydrogens is 452 g/mol. The quantitative estimate of drug-likeness (QED) is 0.595. The smallest absolute Gasteiger partial charge is 0.206 e. The summed E-state index contributed by atoms with van der Waals surface area (Å²) in [6.45, 7) is 7.74. The minimum absolute atomic E-state index is 0.0269. The molecule has 0 atom stereocenters. The van der Waals surface area contributed by atoms with Gasteiger partial charge in [0.1, 0.15) is 2.84 Å². The molecule has 6 heteroatoms. The van der Waals surface area contributed by atoms with Gasteiger partial charge in [-0.05, 0) is 39.9 Å². The van der Waals surface area contributed by atoms with Gasteiger partial charge in [0, 0.05) is 12.1 Å². The molecule has 0 N–H and O–H groups in total. The molecule has 0 bridgehead atoms. The highest BCUT2D eigenvalue weighted by Crippen LogP contribution is 2.22. The molecule has 16 heavy (non-hydrogen) atoms. The minimum Gasteiger partial charge on any atom is -0.206 e. The Morgan fingerprint density at radius 3 is 2.06 bits per heavy atom. The summed E-state index contributed by atoms with van der Waals surface area (Å²) in [4.78, 5) is 0. The highest BCUT2D eigenvalue weighted by atomic mass is 127. The second-order valence-electron chi connectivity index (χ2n) is 3.92. The van der Waals surface area contributed by atoms with Crippen molar-refractivity contribution in [1.29, 1.82) is 0 Å². The summed E-state index contributed by atoms with van der Waals surface area (Å²) < 4.78 is 33.4. The molecule has 0 aliphatic carbocycles. The lowest BCUT2D eigenvalue weighted by Gasteiger charge is -2.29. The summed E-state index contributed by atoms with van der Waals surface area (Å²) in [5.74, 6) is 0. The molecule has 0 spiro atoms. The van der Waals surface area contributed by atoms with Gasteiger partial charge in [-0.2, -0.15) is 4.31 Å². The summed E-state index contributed by atoms with van der Waals surface area (Å²) in [7, 11) is -3.20. The van der Waals surface area contributed by atoms with E-state index in [0.29, 0.717) is 2.84 Å². The molecule has 0 unspecified atom stereocenters. The molecule has 1 aliphatic heterocycles. The Bertz CT molecular complexity index is 428. The van der Waals surface area contributed by atoms with Gasteiger partial charge in [-0.1, -0.05) is 41.5 Å². The van der Waals surface area contributed by atoms with E-state index in [1.807, 2.05) is 31.7 Å². The maximum atomic E-state index is 12.4. The highest BCUT2D eigenvalue weighted by molar-refractivity contribution is 14.2. The van der Waals surface area contributed by atoms with Crippen molar-refractivity contribution in [3.05, 3.63) is 8.17 Å². The second-order valence-corrected chi connectivity index (χ2v) is 11.0. The monoisotopic (exact) mass is 469 g/mol. The van der Waals surface area contributed by atoms with Crippen molar-refractivity contribution < 1.29 is 8.42 Å². The number of hydrogen-bond donors (Lipinski definition) is 0. The lowest BCUT2D eigenvalue weighted by atomic mass is 10.3. The fourth-order valence-electron chi connectivity index (χ4n) is 1.59. The molecule has 0 saturated carbocycles. The maximum Gasteiger partial charge on any atom is 0.249 e. The van der Waals surface area contributed by atoms with Gasteiger partial charge in [0.15, 0.2) is 0 Å². The van der Waals surface area contributed by atoms with Crippen molar-refractivity contribution in [3.8, 4) is 0 Å². The summed E-state index contributed by atoms with van der Waals surface area (Å²) in [5.41, 5.74) is 0. The lowest BCUT2D eigenvalue weighted by Crippen LogP contribution is -2.45. The minimum atomic E-state index is -3.20. The number of nitrogens with zero attached hydrogens (tertiary/aromatic N) is 1. The van der Waals surface area contributed by atoms with Crippen LogP contribution in [0.5, 0.6) is 0 Å². The number of halogens is 2. The van der Waals surface area contributed by atoms with Gasteiger partial charge in [0.25, 0.3) is 0 Å². The zero-order valence-electron chi connectivity index (χ0n) is 9.81. The first kappa shape index (κ1) is 14.9. The van der Waals surface area contributed by atoms with Crippen LogP contribution in [0.2, 0.25) is 0 Å². The number of hydrogen-bond acceptors (Lipinski definition) is 2. The van der Waals surface area contributed by atoms with Crippen LogP contribution in [0, 0.1) is 0 Å². The molecule has 1 rings (SSSR count). The van der Waals surface area contributed by atoms with E-state index in [2.05, 4.69) is 8.17 Å². The molecule has 0 aromatic heterocycles. The summed E-state index contributed by atoms with van der Waals surface area (Å²) in [6, 6.07) is 0.0537. The molecule has 1 aliphatic rings. The third kappa shape index (κ3) is 3.42. The van der Waals surface area contributed by atoms with E-state index < -0.39 is 30.8 Å². The van der Waals surface area contributed by atoms with Crippen molar-refractivity contribution in [1.82, 2.24) is 4.31 Å². The molecular formula is C10H17I2NO2S. The number of rotatable bonds is 4. The normalized spacial score (nSPS) is 17.3. The van der Waals surface area contributed by atoms with Gasteiger partial charge >= 0.3 is 0 Å². The van der Waals surface area contributed by atoms with Gasteiger partial charge in [0.05, 0.1) is 0 Å². The van der Waals surface area contributed by atoms with Crippen LogP contribution in [0.1, 0.15) is 27.7 Å².